The van der Waals surface area contributed by atoms with Gasteiger partial charge in [-0.1, -0.05) is 45.2 Å². The Labute approximate surface area is 116 Å². The highest BCUT2D eigenvalue weighted by Crippen LogP contribution is 2.14. The van der Waals surface area contributed by atoms with Gasteiger partial charge in [0.25, 0.3) is 0 Å². The van der Waals surface area contributed by atoms with Gasteiger partial charge in [0.05, 0.1) is 5.69 Å². The summed E-state index contributed by atoms with van der Waals surface area (Å²) in [5.74, 6) is 1.49. The molecule has 0 spiro atoms. The van der Waals surface area contributed by atoms with Gasteiger partial charge in [0.2, 0.25) is 0 Å². The van der Waals surface area contributed by atoms with Crippen LogP contribution in [0.15, 0.2) is 10.6 Å². The second kappa shape index (κ2) is 9.98. The predicted molar refractivity (Wildman–Crippen MR) is 76.8 cm³/mol. The minimum atomic E-state index is 0.530. The van der Waals surface area contributed by atoms with Gasteiger partial charge in [0.15, 0.2) is 5.76 Å². The van der Waals surface area contributed by atoms with Crippen LogP contribution in [0.1, 0.15) is 57.9 Å². The second-order valence-electron chi connectivity index (χ2n) is 5.00. The number of nitrogens with zero attached hydrogens (tertiary/aromatic N) is 1. The lowest BCUT2D eigenvalue weighted by molar-refractivity contribution is 0.0675. The van der Waals surface area contributed by atoms with E-state index in [9.17, 15) is 0 Å². The van der Waals surface area contributed by atoms with E-state index in [0.717, 1.165) is 31.2 Å². The molecule has 0 aromatic carbocycles. The molecule has 0 aliphatic rings. The van der Waals surface area contributed by atoms with Crippen molar-refractivity contribution in [3.05, 3.63) is 17.5 Å². The standard InChI is InChI=1S/C15H28N2O2/c1-4-7-8-13(5-2)11-18-12-15-9-14(17-19-15)10-16-6-3/h9,13,16H,4-8,10-12H2,1-3H3. The fourth-order valence-corrected chi connectivity index (χ4v) is 1.98. The van der Waals surface area contributed by atoms with Gasteiger partial charge < -0.3 is 14.6 Å². The summed E-state index contributed by atoms with van der Waals surface area (Å²) in [4.78, 5) is 0. The Kier molecular flexibility index (Phi) is 8.50. The molecule has 0 radical (unpaired) electrons. The Morgan fingerprint density at radius 1 is 1.37 bits per heavy atom. The van der Waals surface area contributed by atoms with Crippen LogP contribution in [0.3, 0.4) is 0 Å². The summed E-state index contributed by atoms with van der Waals surface area (Å²) in [6.07, 6.45) is 4.99. The lowest BCUT2D eigenvalue weighted by Gasteiger charge is -2.13. The lowest BCUT2D eigenvalue weighted by Crippen LogP contribution is -2.11. The van der Waals surface area contributed by atoms with E-state index in [0.29, 0.717) is 12.5 Å². The molecule has 0 saturated heterocycles. The first-order chi connectivity index (χ1) is 9.30. The molecule has 4 heteroatoms. The number of hydrogen-bond acceptors (Lipinski definition) is 4. The quantitative estimate of drug-likeness (QED) is 0.667. The summed E-state index contributed by atoms with van der Waals surface area (Å²) >= 11 is 0. The van der Waals surface area contributed by atoms with E-state index in [2.05, 4.69) is 31.2 Å². The van der Waals surface area contributed by atoms with Gasteiger partial charge >= 0.3 is 0 Å². The van der Waals surface area contributed by atoms with Crippen molar-refractivity contribution in [3.8, 4) is 0 Å². The zero-order valence-electron chi connectivity index (χ0n) is 12.6. The molecule has 0 aliphatic heterocycles. The summed E-state index contributed by atoms with van der Waals surface area (Å²) in [6, 6.07) is 1.97. The van der Waals surface area contributed by atoms with Gasteiger partial charge in [-0.05, 0) is 18.9 Å². The van der Waals surface area contributed by atoms with E-state index >= 15 is 0 Å². The summed E-state index contributed by atoms with van der Waals surface area (Å²) in [5.41, 5.74) is 0.943. The van der Waals surface area contributed by atoms with E-state index in [1.54, 1.807) is 0 Å². The monoisotopic (exact) mass is 268 g/mol. The SMILES string of the molecule is CCCCC(CC)COCc1cc(CNCC)no1. The van der Waals surface area contributed by atoms with E-state index in [4.69, 9.17) is 9.26 Å². The number of nitrogens with one attached hydrogen (secondary N) is 1. The highest BCUT2D eigenvalue weighted by Gasteiger charge is 2.08. The van der Waals surface area contributed by atoms with Crippen molar-refractivity contribution in [2.75, 3.05) is 13.2 Å². The first kappa shape index (κ1) is 16.2. The Balaban J connectivity index is 2.22. The molecule has 19 heavy (non-hydrogen) atoms. The first-order valence-corrected chi connectivity index (χ1v) is 7.53. The van der Waals surface area contributed by atoms with Crippen molar-refractivity contribution in [2.45, 2.75) is 59.6 Å². The summed E-state index contributed by atoms with van der Waals surface area (Å²) < 4.78 is 11.0. The van der Waals surface area contributed by atoms with Gasteiger partial charge in [-0.2, -0.15) is 0 Å². The average Bonchev–Trinajstić information content (AvgIpc) is 2.88. The van der Waals surface area contributed by atoms with Crippen LogP contribution in [-0.2, 0) is 17.9 Å². The maximum Gasteiger partial charge on any atom is 0.162 e. The Hall–Kier alpha value is -0.870. The minimum Gasteiger partial charge on any atom is -0.373 e. The van der Waals surface area contributed by atoms with Crippen molar-refractivity contribution < 1.29 is 9.26 Å². The largest absolute Gasteiger partial charge is 0.373 e. The number of unbranched alkanes of at least 4 members (excludes halogenated alkanes) is 1. The Morgan fingerprint density at radius 2 is 2.21 bits per heavy atom. The van der Waals surface area contributed by atoms with Gasteiger partial charge in [-0.25, -0.2) is 0 Å². The Bertz CT molecular complexity index is 326. The van der Waals surface area contributed by atoms with Crippen molar-refractivity contribution in [1.29, 1.82) is 0 Å². The van der Waals surface area contributed by atoms with E-state index in [1.165, 1.54) is 25.7 Å². The molecule has 1 heterocycles. The molecule has 1 rings (SSSR count). The number of hydrogen-bond donors (Lipinski definition) is 1. The molecule has 0 bridgehead atoms. The zero-order chi connectivity index (χ0) is 13.9. The topological polar surface area (TPSA) is 47.3 Å². The summed E-state index contributed by atoms with van der Waals surface area (Å²) in [6.45, 7) is 9.58. The fraction of sp³-hybridized carbons (Fsp3) is 0.800. The predicted octanol–water partition coefficient (Wildman–Crippen LogP) is 3.52. The van der Waals surface area contributed by atoms with Gasteiger partial charge in [-0.3, -0.25) is 0 Å². The summed E-state index contributed by atoms with van der Waals surface area (Å²) in [5, 5.41) is 7.22. The van der Waals surface area contributed by atoms with Crippen LogP contribution >= 0.6 is 0 Å². The molecule has 1 unspecified atom stereocenters. The third-order valence-corrected chi connectivity index (χ3v) is 3.31. The maximum atomic E-state index is 5.73. The third-order valence-electron chi connectivity index (χ3n) is 3.31. The van der Waals surface area contributed by atoms with Gasteiger partial charge in [-0.15, -0.1) is 0 Å². The molecule has 1 atom stereocenters. The van der Waals surface area contributed by atoms with Crippen LogP contribution in [0.4, 0.5) is 0 Å². The molecule has 4 nitrogen and oxygen atoms in total. The van der Waals surface area contributed by atoms with Crippen LogP contribution in [0.2, 0.25) is 0 Å². The number of ether oxygens (including phenoxy) is 1. The molecule has 1 N–H and O–H groups in total. The van der Waals surface area contributed by atoms with Crippen molar-refractivity contribution in [2.24, 2.45) is 5.92 Å². The molecular formula is C15H28N2O2. The lowest BCUT2D eigenvalue weighted by atomic mass is 10.0. The van der Waals surface area contributed by atoms with E-state index < -0.39 is 0 Å². The molecule has 1 aromatic rings. The summed E-state index contributed by atoms with van der Waals surface area (Å²) in [7, 11) is 0. The van der Waals surface area contributed by atoms with E-state index in [-0.39, 0.29) is 0 Å². The molecule has 0 amide bonds. The fourth-order valence-electron chi connectivity index (χ4n) is 1.98. The van der Waals surface area contributed by atoms with Crippen LogP contribution in [-0.4, -0.2) is 18.3 Å². The Morgan fingerprint density at radius 3 is 2.89 bits per heavy atom. The number of aromatic nitrogens is 1. The molecular weight excluding hydrogens is 240 g/mol. The maximum absolute atomic E-state index is 5.73. The van der Waals surface area contributed by atoms with Crippen LogP contribution in [0, 0.1) is 5.92 Å². The highest BCUT2D eigenvalue weighted by molar-refractivity contribution is 5.04. The van der Waals surface area contributed by atoms with Crippen LogP contribution in [0.25, 0.3) is 0 Å². The van der Waals surface area contributed by atoms with Crippen molar-refractivity contribution in [3.63, 3.8) is 0 Å². The van der Waals surface area contributed by atoms with Gasteiger partial charge in [0, 0.05) is 19.2 Å². The van der Waals surface area contributed by atoms with E-state index in [1.807, 2.05) is 6.07 Å². The molecule has 110 valence electrons. The smallest absolute Gasteiger partial charge is 0.162 e. The third kappa shape index (κ3) is 6.73. The second-order valence-corrected chi connectivity index (χ2v) is 5.00. The molecule has 0 aliphatic carbocycles. The highest BCUT2D eigenvalue weighted by atomic mass is 16.5. The normalized spacial score (nSPS) is 12.8. The first-order valence-electron chi connectivity index (χ1n) is 7.53. The molecule has 1 aromatic heterocycles. The number of rotatable bonds is 11. The molecule has 0 saturated carbocycles. The molecule has 0 fully saturated rings. The average molecular weight is 268 g/mol. The van der Waals surface area contributed by atoms with Crippen molar-refractivity contribution in [1.82, 2.24) is 10.5 Å². The van der Waals surface area contributed by atoms with Crippen LogP contribution in [0.5, 0.6) is 0 Å². The van der Waals surface area contributed by atoms with Gasteiger partial charge in [0.1, 0.15) is 6.61 Å². The zero-order valence-corrected chi connectivity index (χ0v) is 12.6. The van der Waals surface area contributed by atoms with Crippen molar-refractivity contribution >= 4 is 0 Å². The minimum absolute atomic E-state index is 0.530. The van der Waals surface area contributed by atoms with Crippen LogP contribution < -0.4 is 5.32 Å².